The van der Waals surface area contributed by atoms with Gasteiger partial charge in [0.2, 0.25) is 0 Å². The Labute approximate surface area is 146 Å². The molecule has 1 unspecified atom stereocenters. The van der Waals surface area contributed by atoms with Crippen molar-refractivity contribution in [2.24, 2.45) is 5.92 Å². The first-order chi connectivity index (χ1) is 9.79. The fourth-order valence-corrected chi connectivity index (χ4v) is 3.19. The molecule has 3 N–H and O–H groups in total. The van der Waals surface area contributed by atoms with Crippen LogP contribution in [0.1, 0.15) is 52.9 Å². The van der Waals surface area contributed by atoms with Crippen LogP contribution in [-0.2, 0) is 21.7 Å². The third-order valence-corrected chi connectivity index (χ3v) is 3.85. The van der Waals surface area contributed by atoms with Crippen LogP contribution < -0.4 is 0 Å². The third kappa shape index (κ3) is 6.71. The van der Waals surface area contributed by atoms with E-state index in [1.54, 1.807) is 22.3 Å². The molecule has 1 atom stereocenters. The van der Waals surface area contributed by atoms with Gasteiger partial charge >= 0.3 is 0 Å². The van der Waals surface area contributed by atoms with E-state index in [4.69, 9.17) is 15.3 Å². The van der Waals surface area contributed by atoms with E-state index in [1.165, 1.54) is 32.1 Å². The second-order valence-electron chi connectivity index (χ2n) is 4.51. The quantitative estimate of drug-likeness (QED) is 0.537. The van der Waals surface area contributed by atoms with E-state index in [9.17, 15) is 0 Å². The van der Waals surface area contributed by atoms with Crippen molar-refractivity contribution < 1.29 is 37.0 Å². The van der Waals surface area contributed by atoms with Crippen molar-refractivity contribution in [2.75, 3.05) is 21.3 Å². The van der Waals surface area contributed by atoms with Crippen molar-refractivity contribution in [2.45, 2.75) is 52.9 Å². The predicted octanol–water partition coefficient (Wildman–Crippen LogP) is 3.26. The molecule has 0 aromatic rings. The molecule has 0 aliphatic heterocycles. The summed E-state index contributed by atoms with van der Waals surface area (Å²) in [7, 11) is 3.00. The van der Waals surface area contributed by atoms with Crippen molar-refractivity contribution in [3.63, 3.8) is 0 Å². The molecule has 124 valence electrons. The van der Waals surface area contributed by atoms with Gasteiger partial charge in [0.05, 0.1) is 0 Å². The molecular formula is C17H33O3Ti-. The molecule has 0 fully saturated rings. The number of hydrogen-bond donors (Lipinski definition) is 3. The number of allylic oxidation sites excluding steroid dienone is 4. The summed E-state index contributed by atoms with van der Waals surface area (Å²) >= 11 is 0. The topological polar surface area (TPSA) is 60.7 Å². The summed E-state index contributed by atoms with van der Waals surface area (Å²) in [5.74, 6) is 0.788. The first-order valence-corrected chi connectivity index (χ1v) is 7.40. The van der Waals surface area contributed by atoms with Crippen molar-refractivity contribution in [1.82, 2.24) is 0 Å². The van der Waals surface area contributed by atoms with Crippen LogP contribution in [0.3, 0.4) is 0 Å². The monoisotopic (exact) mass is 333 g/mol. The zero-order chi connectivity index (χ0) is 16.1. The Hall–Kier alpha value is -0.0557. The average Bonchev–Trinajstić information content (AvgIpc) is 2.83. The third-order valence-electron chi connectivity index (χ3n) is 3.85. The summed E-state index contributed by atoms with van der Waals surface area (Å²) in [6, 6.07) is 0. The van der Waals surface area contributed by atoms with Crippen LogP contribution in [0.15, 0.2) is 22.3 Å². The van der Waals surface area contributed by atoms with Gasteiger partial charge in [0, 0.05) is 43.0 Å². The van der Waals surface area contributed by atoms with Crippen LogP contribution >= 0.6 is 0 Å². The molecule has 4 heteroatoms. The van der Waals surface area contributed by atoms with Gasteiger partial charge in [-0.05, 0) is 0 Å². The van der Waals surface area contributed by atoms with E-state index in [0.29, 0.717) is 0 Å². The fourth-order valence-electron chi connectivity index (χ4n) is 3.19. The second kappa shape index (κ2) is 16.3. The maximum atomic E-state index is 7.00. The number of rotatable bonds is 2. The zero-order valence-corrected chi connectivity index (χ0v) is 16.1. The standard InChI is InChI=1S/C14H21.3CH4O.Ti/c1-4-11-10(3)12(5-2)14-9-7-6-8-13(11)14;3*1-2;/h8,12H,4-7,9H2,1-3H3;3*2H,1H3;/q-1;;;;. The molecule has 2 aliphatic carbocycles. The predicted molar refractivity (Wildman–Crippen MR) is 86.4 cm³/mol. The Morgan fingerprint density at radius 1 is 1.05 bits per heavy atom. The Morgan fingerprint density at radius 3 is 2.00 bits per heavy atom. The summed E-state index contributed by atoms with van der Waals surface area (Å²) in [6.07, 6.45) is 9.02. The number of hydrogen-bond acceptors (Lipinski definition) is 3. The van der Waals surface area contributed by atoms with Gasteiger partial charge in [-0.2, -0.15) is 23.1 Å². The van der Waals surface area contributed by atoms with Crippen LogP contribution in [0.25, 0.3) is 0 Å². The molecule has 21 heavy (non-hydrogen) atoms. The van der Waals surface area contributed by atoms with E-state index < -0.39 is 0 Å². The Balaban J connectivity index is -0.000000414. The van der Waals surface area contributed by atoms with Gasteiger partial charge < -0.3 is 15.3 Å². The van der Waals surface area contributed by atoms with Crippen LogP contribution in [0.4, 0.5) is 0 Å². The average molecular weight is 333 g/mol. The van der Waals surface area contributed by atoms with Crippen molar-refractivity contribution in [3.05, 3.63) is 28.7 Å². The first kappa shape index (κ1) is 25.9. The van der Waals surface area contributed by atoms with Crippen molar-refractivity contribution in [1.29, 1.82) is 0 Å². The summed E-state index contributed by atoms with van der Waals surface area (Å²) in [5, 5.41) is 21.0. The molecule has 0 aromatic heterocycles. The van der Waals surface area contributed by atoms with Gasteiger partial charge in [-0.3, -0.25) is 0 Å². The molecule has 0 radical (unpaired) electrons. The molecule has 0 saturated carbocycles. The smallest absolute Gasteiger partial charge is 0.0319 e. The zero-order valence-electron chi connectivity index (χ0n) is 14.5. The Kier molecular flexibility index (Phi) is 20.1. The van der Waals surface area contributed by atoms with E-state index in [-0.39, 0.29) is 21.7 Å². The van der Waals surface area contributed by atoms with Crippen LogP contribution in [-0.4, -0.2) is 36.6 Å². The van der Waals surface area contributed by atoms with E-state index in [1.807, 2.05) is 0 Å². The van der Waals surface area contributed by atoms with Gasteiger partial charge in [0.25, 0.3) is 0 Å². The summed E-state index contributed by atoms with van der Waals surface area (Å²) in [5.41, 5.74) is 6.72. The normalized spacial score (nSPS) is 18.6. The van der Waals surface area contributed by atoms with Crippen LogP contribution in [0.2, 0.25) is 0 Å². The van der Waals surface area contributed by atoms with Gasteiger partial charge in [-0.15, -0.1) is 5.57 Å². The van der Waals surface area contributed by atoms with E-state index >= 15 is 0 Å². The molecule has 3 nitrogen and oxygen atoms in total. The molecule has 0 heterocycles. The van der Waals surface area contributed by atoms with Gasteiger partial charge in [0.15, 0.2) is 0 Å². The maximum absolute atomic E-state index is 7.00. The molecule has 2 rings (SSSR count). The summed E-state index contributed by atoms with van der Waals surface area (Å²) in [4.78, 5) is 0. The minimum atomic E-state index is 0. The minimum absolute atomic E-state index is 0. The largest absolute Gasteiger partial charge is 0.400 e. The molecule has 2 aliphatic rings. The number of aliphatic hydroxyl groups excluding tert-OH is 3. The molecule has 0 bridgehead atoms. The van der Waals surface area contributed by atoms with Crippen molar-refractivity contribution in [3.8, 4) is 0 Å². The minimum Gasteiger partial charge on any atom is -0.400 e. The number of aliphatic hydroxyl groups is 3. The molecule has 0 spiro atoms. The van der Waals surface area contributed by atoms with Gasteiger partial charge in [0.1, 0.15) is 0 Å². The summed E-state index contributed by atoms with van der Waals surface area (Å²) < 4.78 is 0. The fraction of sp³-hybridized carbons (Fsp3) is 0.706. The van der Waals surface area contributed by atoms with E-state index in [0.717, 1.165) is 27.2 Å². The molecular weight excluding hydrogens is 300 g/mol. The molecule has 0 saturated heterocycles. The SMILES string of the molecule is CCC1=C(C)C(CC)C2=C1[CH-]CCC2.CO.CO.CO.[Ti]. The van der Waals surface area contributed by atoms with Crippen molar-refractivity contribution >= 4 is 0 Å². The van der Waals surface area contributed by atoms with Gasteiger partial charge in [-0.1, -0.05) is 58.8 Å². The second-order valence-corrected chi connectivity index (χ2v) is 4.51. The first-order valence-electron chi connectivity index (χ1n) is 7.40. The van der Waals surface area contributed by atoms with E-state index in [2.05, 4.69) is 27.2 Å². The maximum Gasteiger partial charge on any atom is 0.0319 e. The molecule has 0 amide bonds. The summed E-state index contributed by atoms with van der Waals surface area (Å²) in [6.45, 7) is 6.97. The van der Waals surface area contributed by atoms with Crippen LogP contribution in [0, 0.1) is 12.3 Å². The van der Waals surface area contributed by atoms with Crippen LogP contribution in [0.5, 0.6) is 0 Å². The Morgan fingerprint density at radius 2 is 1.57 bits per heavy atom. The molecule has 0 aromatic carbocycles. The van der Waals surface area contributed by atoms with Gasteiger partial charge in [-0.25, -0.2) is 0 Å². The Bertz CT molecular complexity index is 309.